The zero-order valence-corrected chi connectivity index (χ0v) is 11.8. The Morgan fingerprint density at radius 1 is 1.44 bits per heavy atom. The number of rotatable bonds is 5. The highest BCUT2D eigenvalue weighted by Crippen LogP contribution is 2.24. The minimum Gasteiger partial charge on any atom is -0.367 e. The molecule has 4 heteroatoms. The molecule has 0 amide bonds. The van der Waals surface area contributed by atoms with Crippen molar-refractivity contribution in [2.75, 3.05) is 11.9 Å². The predicted octanol–water partition coefficient (Wildman–Crippen LogP) is 3.08. The fourth-order valence-electron chi connectivity index (χ4n) is 1.42. The van der Waals surface area contributed by atoms with Gasteiger partial charge in [0, 0.05) is 18.3 Å². The molecule has 0 saturated heterocycles. The maximum absolute atomic E-state index is 6.23. The molecule has 3 nitrogen and oxygen atoms in total. The van der Waals surface area contributed by atoms with Crippen LogP contribution in [0.25, 0.3) is 0 Å². The molecule has 0 atom stereocenters. The highest BCUT2D eigenvalue weighted by molar-refractivity contribution is 9.10. The summed E-state index contributed by atoms with van der Waals surface area (Å²) in [6.07, 6.45) is 3.72. The van der Waals surface area contributed by atoms with Crippen molar-refractivity contribution in [3.8, 4) is 0 Å². The van der Waals surface area contributed by atoms with Crippen LogP contribution in [-0.4, -0.2) is 17.1 Å². The molecule has 1 aromatic rings. The van der Waals surface area contributed by atoms with E-state index in [1.807, 2.05) is 13.0 Å². The summed E-state index contributed by atoms with van der Waals surface area (Å²) in [5.41, 5.74) is 7.25. The number of aromatic nitrogens is 1. The van der Waals surface area contributed by atoms with Gasteiger partial charge in [-0.2, -0.15) is 0 Å². The van der Waals surface area contributed by atoms with E-state index < -0.39 is 0 Å². The summed E-state index contributed by atoms with van der Waals surface area (Å²) in [4.78, 5) is 4.30. The van der Waals surface area contributed by atoms with Gasteiger partial charge in [-0.25, -0.2) is 4.98 Å². The van der Waals surface area contributed by atoms with Crippen LogP contribution in [0.15, 0.2) is 16.7 Å². The van der Waals surface area contributed by atoms with Crippen molar-refractivity contribution < 1.29 is 0 Å². The third kappa shape index (κ3) is 3.19. The zero-order valence-electron chi connectivity index (χ0n) is 10.2. The second kappa shape index (κ2) is 5.64. The lowest BCUT2D eigenvalue weighted by molar-refractivity contribution is 0.418. The van der Waals surface area contributed by atoms with Crippen molar-refractivity contribution in [3.63, 3.8) is 0 Å². The molecule has 0 spiro atoms. The molecule has 1 aromatic heterocycles. The number of anilines is 1. The number of nitrogens with zero attached hydrogens (tertiary/aromatic N) is 1. The van der Waals surface area contributed by atoms with E-state index in [0.717, 1.165) is 29.7 Å². The summed E-state index contributed by atoms with van der Waals surface area (Å²) in [6, 6.07) is 1.98. The van der Waals surface area contributed by atoms with Gasteiger partial charge in [-0.15, -0.1) is 0 Å². The van der Waals surface area contributed by atoms with Crippen LogP contribution in [0.2, 0.25) is 0 Å². The summed E-state index contributed by atoms with van der Waals surface area (Å²) in [5.74, 6) is 0.872. The molecule has 0 bridgehead atoms. The van der Waals surface area contributed by atoms with Gasteiger partial charge in [0.1, 0.15) is 5.82 Å². The number of nitrogens with two attached hydrogens (primary N) is 1. The Bertz CT molecular complexity index is 348. The molecular weight excluding hydrogens is 266 g/mol. The van der Waals surface area contributed by atoms with Gasteiger partial charge >= 0.3 is 0 Å². The maximum Gasteiger partial charge on any atom is 0.140 e. The molecule has 1 rings (SSSR count). The summed E-state index contributed by atoms with van der Waals surface area (Å²) >= 11 is 3.53. The quantitative estimate of drug-likeness (QED) is 0.874. The van der Waals surface area contributed by atoms with Gasteiger partial charge in [0.25, 0.3) is 0 Å². The molecule has 0 aliphatic heterocycles. The average molecular weight is 286 g/mol. The summed E-state index contributed by atoms with van der Waals surface area (Å²) in [5, 5.41) is 3.31. The van der Waals surface area contributed by atoms with Crippen molar-refractivity contribution >= 4 is 21.7 Å². The van der Waals surface area contributed by atoms with Crippen LogP contribution < -0.4 is 11.1 Å². The van der Waals surface area contributed by atoms with Crippen LogP contribution in [0, 0.1) is 6.92 Å². The average Bonchev–Trinajstić information content (AvgIpc) is 2.31. The van der Waals surface area contributed by atoms with E-state index in [1.54, 1.807) is 6.20 Å². The van der Waals surface area contributed by atoms with Crippen molar-refractivity contribution in [1.82, 2.24) is 4.98 Å². The molecule has 0 unspecified atom stereocenters. The number of hydrogen-bond acceptors (Lipinski definition) is 3. The van der Waals surface area contributed by atoms with Crippen molar-refractivity contribution in [3.05, 3.63) is 22.3 Å². The number of pyridine rings is 1. The SMILES string of the molecule is CCC(N)(CC)CNc1nccc(C)c1Br. The van der Waals surface area contributed by atoms with Gasteiger partial charge in [-0.1, -0.05) is 13.8 Å². The normalized spacial score (nSPS) is 11.6. The van der Waals surface area contributed by atoms with Crippen LogP contribution >= 0.6 is 15.9 Å². The van der Waals surface area contributed by atoms with E-state index in [2.05, 4.69) is 40.1 Å². The Morgan fingerprint density at radius 2 is 2.06 bits per heavy atom. The topological polar surface area (TPSA) is 50.9 Å². The third-order valence-electron chi connectivity index (χ3n) is 3.10. The molecule has 1 heterocycles. The first-order chi connectivity index (χ1) is 7.52. The Balaban J connectivity index is 2.71. The monoisotopic (exact) mass is 285 g/mol. The van der Waals surface area contributed by atoms with Gasteiger partial charge in [0.2, 0.25) is 0 Å². The van der Waals surface area contributed by atoms with E-state index in [9.17, 15) is 0 Å². The summed E-state index contributed by atoms with van der Waals surface area (Å²) in [7, 11) is 0. The van der Waals surface area contributed by atoms with Crippen LogP contribution in [0.4, 0.5) is 5.82 Å². The zero-order chi connectivity index (χ0) is 12.2. The number of hydrogen-bond donors (Lipinski definition) is 2. The molecule has 0 saturated carbocycles. The lowest BCUT2D eigenvalue weighted by Crippen LogP contribution is -2.45. The first-order valence-electron chi connectivity index (χ1n) is 5.66. The first kappa shape index (κ1) is 13.5. The molecule has 90 valence electrons. The van der Waals surface area contributed by atoms with Gasteiger partial charge in [-0.05, 0) is 47.3 Å². The Labute approximate surface area is 106 Å². The molecule has 0 aliphatic carbocycles. The number of aryl methyl sites for hydroxylation is 1. The van der Waals surface area contributed by atoms with E-state index in [0.29, 0.717) is 0 Å². The van der Waals surface area contributed by atoms with Gasteiger partial charge < -0.3 is 11.1 Å². The fraction of sp³-hybridized carbons (Fsp3) is 0.583. The molecule has 3 N–H and O–H groups in total. The van der Waals surface area contributed by atoms with E-state index in [4.69, 9.17) is 5.73 Å². The third-order valence-corrected chi connectivity index (χ3v) is 4.10. The predicted molar refractivity (Wildman–Crippen MR) is 72.7 cm³/mol. The summed E-state index contributed by atoms with van der Waals surface area (Å²) < 4.78 is 1.02. The van der Waals surface area contributed by atoms with Crippen molar-refractivity contribution in [1.29, 1.82) is 0 Å². The van der Waals surface area contributed by atoms with E-state index in [-0.39, 0.29) is 5.54 Å². The molecular formula is C12H20BrN3. The standard InChI is InChI=1S/C12H20BrN3/c1-4-12(14,5-2)8-16-11-10(13)9(3)6-7-15-11/h6-7H,4-5,8,14H2,1-3H3,(H,15,16). The number of halogens is 1. The molecule has 0 fully saturated rings. The van der Waals surface area contributed by atoms with E-state index >= 15 is 0 Å². The van der Waals surface area contributed by atoms with E-state index in [1.165, 1.54) is 5.56 Å². The second-order valence-corrected chi connectivity index (χ2v) is 5.01. The van der Waals surface area contributed by atoms with Crippen LogP contribution in [0.1, 0.15) is 32.3 Å². The Morgan fingerprint density at radius 3 is 2.62 bits per heavy atom. The Kier molecular flexibility index (Phi) is 4.74. The van der Waals surface area contributed by atoms with Crippen molar-refractivity contribution in [2.24, 2.45) is 5.73 Å². The minimum atomic E-state index is -0.148. The van der Waals surface area contributed by atoms with Crippen LogP contribution in [-0.2, 0) is 0 Å². The van der Waals surface area contributed by atoms with Crippen molar-refractivity contribution in [2.45, 2.75) is 39.2 Å². The largest absolute Gasteiger partial charge is 0.367 e. The van der Waals surface area contributed by atoms with Gasteiger partial charge in [0.15, 0.2) is 0 Å². The highest BCUT2D eigenvalue weighted by Gasteiger charge is 2.20. The lowest BCUT2D eigenvalue weighted by Gasteiger charge is -2.27. The lowest BCUT2D eigenvalue weighted by atomic mass is 9.94. The van der Waals surface area contributed by atoms with Crippen LogP contribution in [0.3, 0.4) is 0 Å². The van der Waals surface area contributed by atoms with Gasteiger partial charge in [-0.3, -0.25) is 0 Å². The highest BCUT2D eigenvalue weighted by atomic mass is 79.9. The van der Waals surface area contributed by atoms with Crippen LogP contribution in [0.5, 0.6) is 0 Å². The van der Waals surface area contributed by atoms with Gasteiger partial charge in [0.05, 0.1) is 4.47 Å². The summed E-state index contributed by atoms with van der Waals surface area (Å²) in [6.45, 7) is 7.02. The minimum absolute atomic E-state index is 0.148. The maximum atomic E-state index is 6.23. The molecule has 0 aromatic carbocycles. The smallest absolute Gasteiger partial charge is 0.140 e. The molecule has 16 heavy (non-hydrogen) atoms. The molecule has 0 aliphatic rings. The fourth-order valence-corrected chi connectivity index (χ4v) is 1.80. The molecule has 0 radical (unpaired) electrons. The first-order valence-corrected chi connectivity index (χ1v) is 6.45. The Hall–Kier alpha value is -0.610. The second-order valence-electron chi connectivity index (χ2n) is 4.21. The number of nitrogens with one attached hydrogen (secondary N) is 1.